The van der Waals surface area contributed by atoms with E-state index < -0.39 is 35.6 Å². The van der Waals surface area contributed by atoms with Crippen LogP contribution < -0.4 is 31.2 Å². The number of ether oxygens (including phenoxy) is 4. The molecule has 4 amide bonds. The molecular formula is C27H32N4O10. The standard InChI is InChI=1S/C27H32N4O10/c1-3-38-26(36)18-8-12-20(13-9-18)40-16-24(34)30-28-22(32)6-5-7-23(33)29-31-25(35)17-41-21-14-10-19(11-15-21)27(37)39-4-2/h8-15H,3-7,16-17H2,1-2H3,(H,28,32)(H,29,33)(H,30,34)(H,31,35). The first-order chi connectivity index (χ1) is 19.7. The summed E-state index contributed by atoms with van der Waals surface area (Å²) in [5.41, 5.74) is 9.47. The van der Waals surface area contributed by atoms with Crippen LogP contribution in [0, 0.1) is 0 Å². The van der Waals surface area contributed by atoms with Gasteiger partial charge in [-0.3, -0.25) is 40.9 Å². The van der Waals surface area contributed by atoms with E-state index in [9.17, 15) is 28.8 Å². The first-order valence-corrected chi connectivity index (χ1v) is 12.7. The third kappa shape index (κ3) is 12.5. The highest BCUT2D eigenvalue weighted by atomic mass is 16.5. The fourth-order valence-corrected chi connectivity index (χ4v) is 2.99. The van der Waals surface area contributed by atoms with Gasteiger partial charge in [0.25, 0.3) is 11.8 Å². The predicted octanol–water partition coefficient (Wildman–Crippen LogP) is 0.963. The Morgan fingerprint density at radius 2 is 0.878 bits per heavy atom. The number of hydrazine groups is 2. The van der Waals surface area contributed by atoms with Crippen LogP contribution in [0.5, 0.6) is 11.5 Å². The van der Waals surface area contributed by atoms with E-state index in [4.69, 9.17) is 18.9 Å². The molecule has 0 aliphatic rings. The van der Waals surface area contributed by atoms with E-state index >= 15 is 0 Å². The third-order valence-corrected chi connectivity index (χ3v) is 4.96. The molecule has 2 aromatic rings. The predicted molar refractivity (Wildman–Crippen MR) is 142 cm³/mol. The molecule has 220 valence electrons. The van der Waals surface area contributed by atoms with Gasteiger partial charge >= 0.3 is 11.9 Å². The molecule has 4 N–H and O–H groups in total. The van der Waals surface area contributed by atoms with Gasteiger partial charge < -0.3 is 18.9 Å². The van der Waals surface area contributed by atoms with Crippen LogP contribution in [0.25, 0.3) is 0 Å². The van der Waals surface area contributed by atoms with Gasteiger partial charge in [-0.05, 0) is 68.8 Å². The van der Waals surface area contributed by atoms with Crippen LogP contribution in [0.3, 0.4) is 0 Å². The Balaban J connectivity index is 1.55. The number of esters is 2. The Kier molecular flexibility index (Phi) is 13.6. The summed E-state index contributed by atoms with van der Waals surface area (Å²) in [6.07, 6.45) is 0.0154. The molecule has 0 heterocycles. The van der Waals surface area contributed by atoms with E-state index in [-0.39, 0.29) is 45.7 Å². The maximum absolute atomic E-state index is 11.9. The largest absolute Gasteiger partial charge is 0.484 e. The Morgan fingerprint density at radius 1 is 0.537 bits per heavy atom. The maximum atomic E-state index is 11.9. The number of carbonyl (C=O) groups is 6. The summed E-state index contributed by atoms with van der Waals surface area (Å²) < 4.78 is 20.3. The van der Waals surface area contributed by atoms with Crippen LogP contribution in [0.15, 0.2) is 48.5 Å². The Hall–Kier alpha value is -5.14. The van der Waals surface area contributed by atoms with Gasteiger partial charge in [0.15, 0.2) is 13.2 Å². The average molecular weight is 573 g/mol. The second-order valence-electron chi connectivity index (χ2n) is 8.11. The Morgan fingerprint density at radius 3 is 1.22 bits per heavy atom. The number of rotatable bonds is 14. The van der Waals surface area contributed by atoms with Crippen molar-refractivity contribution in [1.29, 1.82) is 0 Å². The summed E-state index contributed by atoms with van der Waals surface area (Å²) in [6.45, 7) is 3.13. The van der Waals surface area contributed by atoms with Crippen molar-refractivity contribution in [2.45, 2.75) is 33.1 Å². The third-order valence-electron chi connectivity index (χ3n) is 4.96. The highest BCUT2D eigenvalue weighted by Crippen LogP contribution is 2.14. The fourth-order valence-electron chi connectivity index (χ4n) is 2.99. The van der Waals surface area contributed by atoms with Crippen LogP contribution in [-0.2, 0) is 28.7 Å². The summed E-state index contributed by atoms with van der Waals surface area (Å²) in [7, 11) is 0. The average Bonchev–Trinajstić information content (AvgIpc) is 2.97. The van der Waals surface area contributed by atoms with Gasteiger partial charge in [-0.2, -0.15) is 0 Å². The molecule has 0 radical (unpaired) electrons. The molecule has 0 saturated heterocycles. The van der Waals surface area contributed by atoms with Gasteiger partial charge in [-0.25, -0.2) is 9.59 Å². The monoisotopic (exact) mass is 572 g/mol. The fraction of sp³-hybridized carbons (Fsp3) is 0.333. The molecule has 0 aromatic heterocycles. The van der Waals surface area contributed by atoms with Gasteiger partial charge in [0, 0.05) is 12.8 Å². The summed E-state index contributed by atoms with van der Waals surface area (Å²) >= 11 is 0. The normalized spacial score (nSPS) is 10.0. The van der Waals surface area contributed by atoms with E-state index in [2.05, 4.69) is 21.7 Å². The molecule has 0 spiro atoms. The lowest BCUT2D eigenvalue weighted by atomic mass is 10.2. The molecule has 0 aliphatic carbocycles. The molecule has 0 bridgehead atoms. The molecule has 14 nitrogen and oxygen atoms in total. The lowest BCUT2D eigenvalue weighted by molar-refractivity contribution is -0.131. The lowest BCUT2D eigenvalue weighted by Gasteiger charge is -2.10. The van der Waals surface area contributed by atoms with Gasteiger partial charge in [-0.15, -0.1) is 0 Å². The molecule has 2 rings (SSSR count). The van der Waals surface area contributed by atoms with Crippen LogP contribution in [0.2, 0.25) is 0 Å². The first-order valence-electron chi connectivity index (χ1n) is 12.7. The molecule has 2 aromatic carbocycles. The minimum atomic E-state index is -0.620. The Labute approximate surface area is 236 Å². The van der Waals surface area contributed by atoms with Gasteiger partial charge in [-0.1, -0.05) is 0 Å². The molecule has 41 heavy (non-hydrogen) atoms. The van der Waals surface area contributed by atoms with Crippen LogP contribution >= 0.6 is 0 Å². The molecule has 0 atom stereocenters. The molecule has 14 heteroatoms. The zero-order chi connectivity index (χ0) is 30.0. The summed E-state index contributed by atoms with van der Waals surface area (Å²) in [5, 5.41) is 0. The van der Waals surface area contributed by atoms with Crippen LogP contribution in [0.4, 0.5) is 0 Å². The van der Waals surface area contributed by atoms with Crippen molar-refractivity contribution in [3.05, 3.63) is 59.7 Å². The summed E-state index contributed by atoms with van der Waals surface area (Å²) in [6, 6.07) is 12.0. The number of amides is 4. The van der Waals surface area contributed by atoms with Gasteiger partial charge in [0.2, 0.25) is 11.8 Å². The van der Waals surface area contributed by atoms with Gasteiger partial charge in [0.05, 0.1) is 24.3 Å². The zero-order valence-electron chi connectivity index (χ0n) is 22.7. The number of hydrogen-bond acceptors (Lipinski definition) is 10. The maximum Gasteiger partial charge on any atom is 0.338 e. The number of carbonyl (C=O) groups excluding carboxylic acids is 6. The van der Waals surface area contributed by atoms with E-state index in [0.29, 0.717) is 22.6 Å². The number of nitrogens with one attached hydrogen (secondary N) is 4. The molecule has 0 fully saturated rings. The minimum Gasteiger partial charge on any atom is -0.484 e. The van der Waals surface area contributed by atoms with Crippen LogP contribution in [0.1, 0.15) is 53.8 Å². The van der Waals surface area contributed by atoms with Crippen molar-refractivity contribution in [2.24, 2.45) is 0 Å². The van der Waals surface area contributed by atoms with E-state index in [0.717, 1.165) is 0 Å². The Bertz CT molecular complexity index is 1110. The quantitative estimate of drug-likeness (QED) is 0.188. The highest BCUT2D eigenvalue weighted by molar-refractivity contribution is 5.90. The zero-order valence-corrected chi connectivity index (χ0v) is 22.7. The SMILES string of the molecule is CCOC(=O)c1ccc(OCC(=O)NNC(=O)CCCC(=O)NNC(=O)COc2ccc(C(=O)OCC)cc2)cc1. The summed E-state index contributed by atoms with van der Waals surface area (Å²) in [4.78, 5) is 70.7. The van der Waals surface area contributed by atoms with Gasteiger partial charge in [0.1, 0.15) is 11.5 Å². The number of hydrogen-bond donors (Lipinski definition) is 4. The topological polar surface area (TPSA) is 187 Å². The number of benzene rings is 2. The molecular weight excluding hydrogens is 540 g/mol. The van der Waals surface area contributed by atoms with Crippen molar-refractivity contribution >= 4 is 35.6 Å². The van der Waals surface area contributed by atoms with E-state index in [1.807, 2.05) is 0 Å². The minimum absolute atomic E-state index is 0.0667. The second kappa shape index (κ2) is 17.4. The van der Waals surface area contributed by atoms with Crippen molar-refractivity contribution in [1.82, 2.24) is 21.7 Å². The van der Waals surface area contributed by atoms with E-state index in [1.54, 1.807) is 13.8 Å². The van der Waals surface area contributed by atoms with E-state index in [1.165, 1.54) is 48.5 Å². The van der Waals surface area contributed by atoms with Crippen LogP contribution in [-0.4, -0.2) is 62.0 Å². The molecule has 0 saturated carbocycles. The second-order valence-corrected chi connectivity index (χ2v) is 8.11. The molecule has 0 aliphatic heterocycles. The van der Waals surface area contributed by atoms with Crippen molar-refractivity contribution < 1.29 is 47.7 Å². The van der Waals surface area contributed by atoms with Crippen molar-refractivity contribution in [3.8, 4) is 11.5 Å². The van der Waals surface area contributed by atoms with Crippen molar-refractivity contribution in [3.63, 3.8) is 0 Å². The highest BCUT2D eigenvalue weighted by Gasteiger charge is 2.11. The first kappa shape index (κ1) is 32.1. The van der Waals surface area contributed by atoms with Crippen molar-refractivity contribution in [2.75, 3.05) is 26.4 Å². The molecule has 0 unspecified atom stereocenters. The smallest absolute Gasteiger partial charge is 0.338 e. The summed E-state index contributed by atoms with van der Waals surface area (Å²) in [5.74, 6) is -2.56. The lowest BCUT2D eigenvalue weighted by Crippen LogP contribution is -2.44.